The van der Waals surface area contributed by atoms with Crippen LogP contribution in [0.25, 0.3) is 0 Å². The number of hydrogen-bond acceptors (Lipinski definition) is 2. The molecule has 0 spiro atoms. The summed E-state index contributed by atoms with van der Waals surface area (Å²) >= 11 is 0. The zero-order valence-electron chi connectivity index (χ0n) is 14.9. The summed E-state index contributed by atoms with van der Waals surface area (Å²) < 4.78 is 6.06. The highest BCUT2D eigenvalue weighted by atomic mass is 16.5. The summed E-state index contributed by atoms with van der Waals surface area (Å²) in [5.74, 6) is 3.43. The van der Waals surface area contributed by atoms with E-state index in [2.05, 4.69) is 5.32 Å². The highest BCUT2D eigenvalue weighted by molar-refractivity contribution is 5.82. The average molecular weight is 327 g/mol. The van der Waals surface area contributed by atoms with E-state index in [0.717, 1.165) is 29.1 Å². The molecule has 0 heterocycles. The second kappa shape index (κ2) is 6.09. The van der Waals surface area contributed by atoms with Gasteiger partial charge in [0, 0.05) is 5.54 Å². The summed E-state index contributed by atoms with van der Waals surface area (Å²) in [5, 5.41) is 3.45. The first-order valence-electron chi connectivity index (χ1n) is 9.61. The van der Waals surface area contributed by atoms with Gasteiger partial charge >= 0.3 is 0 Å². The summed E-state index contributed by atoms with van der Waals surface area (Å²) in [5.41, 5.74) is 1.15. The SMILES string of the molecule is CCC(Oc1ccccc1C)C(=O)NC12CC3CC(CC(C3)C1)C2. The molecule has 4 aliphatic carbocycles. The van der Waals surface area contributed by atoms with Crippen molar-refractivity contribution in [1.82, 2.24) is 5.32 Å². The summed E-state index contributed by atoms with van der Waals surface area (Å²) in [6, 6.07) is 7.94. The van der Waals surface area contributed by atoms with Gasteiger partial charge < -0.3 is 10.1 Å². The van der Waals surface area contributed by atoms with E-state index in [1.807, 2.05) is 38.1 Å². The third kappa shape index (κ3) is 2.94. The number of carbonyl (C=O) groups excluding carboxylic acids is 1. The maximum Gasteiger partial charge on any atom is 0.261 e. The number of carbonyl (C=O) groups is 1. The molecule has 1 aromatic carbocycles. The van der Waals surface area contributed by atoms with E-state index in [0.29, 0.717) is 6.42 Å². The van der Waals surface area contributed by atoms with Crippen LogP contribution >= 0.6 is 0 Å². The molecule has 1 amide bonds. The Morgan fingerprint density at radius 1 is 1.17 bits per heavy atom. The molecule has 3 heteroatoms. The molecule has 0 aromatic heterocycles. The molecule has 5 rings (SSSR count). The van der Waals surface area contributed by atoms with E-state index in [4.69, 9.17) is 4.74 Å². The maximum atomic E-state index is 12.9. The zero-order chi connectivity index (χ0) is 16.7. The Hall–Kier alpha value is -1.51. The van der Waals surface area contributed by atoms with Gasteiger partial charge in [-0.05, 0) is 81.3 Å². The Morgan fingerprint density at radius 2 is 1.75 bits per heavy atom. The number of para-hydroxylation sites is 1. The number of aryl methyl sites for hydroxylation is 1. The minimum atomic E-state index is -0.390. The van der Waals surface area contributed by atoms with Crippen molar-refractivity contribution in [1.29, 1.82) is 0 Å². The van der Waals surface area contributed by atoms with Gasteiger partial charge in [0.25, 0.3) is 5.91 Å². The topological polar surface area (TPSA) is 38.3 Å². The maximum absolute atomic E-state index is 12.9. The van der Waals surface area contributed by atoms with E-state index in [1.54, 1.807) is 0 Å². The number of rotatable bonds is 5. The van der Waals surface area contributed by atoms with Gasteiger partial charge in [-0.1, -0.05) is 25.1 Å². The second-order valence-electron chi connectivity index (χ2n) is 8.47. The molecule has 130 valence electrons. The number of amides is 1. The molecule has 24 heavy (non-hydrogen) atoms. The smallest absolute Gasteiger partial charge is 0.261 e. The van der Waals surface area contributed by atoms with Crippen molar-refractivity contribution >= 4 is 5.91 Å². The molecule has 4 bridgehead atoms. The second-order valence-corrected chi connectivity index (χ2v) is 8.47. The molecule has 0 aliphatic heterocycles. The van der Waals surface area contributed by atoms with E-state index in [9.17, 15) is 4.79 Å². The van der Waals surface area contributed by atoms with Crippen molar-refractivity contribution in [2.75, 3.05) is 0 Å². The molecule has 0 radical (unpaired) electrons. The summed E-state index contributed by atoms with van der Waals surface area (Å²) in [6.07, 6.45) is 8.05. The Labute approximate surface area is 145 Å². The molecule has 1 aromatic rings. The van der Waals surface area contributed by atoms with E-state index in [1.165, 1.54) is 38.5 Å². The van der Waals surface area contributed by atoms with Crippen LogP contribution in [0.2, 0.25) is 0 Å². The Morgan fingerprint density at radius 3 is 2.29 bits per heavy atom. The number of ether oxygens (including phenoxy) is 1. The quantitative estimate of drug-likeness (QED) is 0.878. The first-order valence-corrected chi connectivity index (χ1v) is 9.61. The first kappa shape index (κ1) is 16.0. The standard InChI is InChI=1S/C21H29NO2/c1-3-18(24-19-7-5-4-6-14(19)2)20(23)22-21-11-15-8-16(12-21)10-17(9-15)13-21/h4-7,15-18H,3,8-13H2,1-2H3,(H,22,23). The van der Waals surface area contributed by atoms with Gasteiger partial charge in [-0.15, -0.1) is 0 Å². The van der Waals surface area contributed by atoms with E-state index >= 15 is 0 Å². The molecule has 0 saturated heterocycles. The molecule has 4 fully saturated rings. The predicted octanol–water partition coefficient (Wildman–Crippen LogP) is 4.24. The van der Waals surface area contributed by atoms with Crippen LogP contribution in [-0.2, 0) is 4.79 Å². The fourth-order valence-corrected chi connectivity index (χ4v) is 5.77. The molecule has 4 aliphatic rings. The van der Waals surface area contributed by atoms with Gasteiger partial charge in [-0.2, -0.15) is 0 Å². The fourth-order valence-electron chi connectivity index (χ4n) is 5.77. The van der Waals surface area contributed by atoms with Crippen LogP contribution in [0.3, 0.4) is 0 Å². The van der Waals surface area contributed by atoms with Gasteiger partial charge in [0.2, 0.25) is 0 Å². The number of hydrogen-bond donors (Lipinski definition) is 1. The molecule has 1 atom stereocenters. The largest absolute Gasteiger partial charge is 0.480 e. The molecule has 3 nitrogen and oxygen atoms in total. The van der Waals surface area contributed by atoms with Gasteiger partial charge in [-0.25, -0.2) is 0 Å². The minimum absolute atomic E-state index is 0.0638. The molecule has 4 saturated carbocycles. The summed E-state index contributed by atoms with van der Waals surface area (Å²) in [7, 11) is 0. The zero-order valence-corrected chi connectivity index (χ0v) is 14.9. The third-order valence-electron chi connectivity index (χ3n) is 6.45. The molecular weight excluding hydrogens is 298 g/mol. The van der Waals surface area contributed by atoms with Crippen LogP contribution in [0.4, 0.5) is 0 Å². The number of nitrogens with one attached hydrogen (secondary N) is 1. The molecule has 1 unspecified atom stereocenters. The van der Waals surface area contributed by atoms with Gasteiger partial charge in [0.1, 0.15) is 5.75 Å². The lowest BCUT2D eigenvalue weighted by molar-refractivity contribution is -0.134. The van der Waals surface area contributed by atoms with Crippen LogP contribution in [0.15, 0.2) is 24.3 Å². The van der Waals surface area contributed by atoms with Crippen LogP contribution in [-0.4, -0.2) is 17.6 Å². The average Bonchev–Trinajstić information content (AvgIpc) is 2.52. The van der Waals surface area contributed by atoms with Crippen molar-refractivity contribution in [3.8, 4) is 5.75 Å². The summed E-state index contributed by atoms with van der Waals surface area (Å²) in [4.78, 5) is 12.9. The first-order chi connectivity index (χ1) is 11.6. The Balaban J connectivity index is 1.45. The number of benzene rings is 1. The van der Waals surface area contributed by atoms with Gasteiger partial charge in [0.05, 0.1) is 0 Å². The molecular formula is C21H29NO2. The fraction of sp³-hybridized carbons (Fsp3) is 0.667. The molecule has 1 N–H and O–H groups in total. The Kier molecular flexibility index (Phi) is 4.06. The lowest BCUT2D eigenvalue weighted by atomic mass is 9.53. The third-order valence-corrected chi connectivity index (χ3v) is 6.45. The van der Waals surface area contributed by atoms with Crippen molar-refractivity contribution in [3.05, 3.63) is 29.8 Å². The van der Waals surface area contributed by atoms with Crippen molar-refractivity contribution < 1.29 is 9.53 Å². The lowest BCUT2D eigenvalue weighted by Crippen LogP contribution is -2.61. The minimum Gasteiger partial charge on any atom is -0.480 e. The highest BCUT2D eigenvalue weighted by Gasteiger charge is 2.51. The normalized spacial score (nSPS) is 34.8. The van der Waals surface area contributed by atoms with Gasteiger partial charge in [-0.3, -0.25) is 4.79 Å². The Bertz CT molecular complexity index is 589. The van der Waals surface area contributed by atoms with Crippen LogP contribution < -0.4 is 10.1 Å². The van der Waals surface area contributed by atoms with Crippen molar-refractivity contribution in [2.24, 2.45) is 17.8 Å². The van der Waals surface area contributed by atoms with Gasteiger partial charge in [0.15, 0.2) is 6.10 Å². The monoisotopic (exact) mass is 327 g/mol. The van der Waals surface area contributed by atoms with E-state index < -0.39 is 0 Å². The van der Waals surface area contributed by atoms with Crippen molar-refractivity contribution in [3.63, 3.8) is 0 Å². The van der Waals surface area contributed by atoms with Crippen molar-refractivity contribution in [2.45, 2.75) is 70.4 Å². The predicted molar refractivity (Wildman–Crippen MR) is 94.9 cm³/mol. The highest BCUT2D eigenvalue weighted by Crippen LogP contribution is 2.55. The lowest BCUT2D eigenvalue weighted by Gasteiger charge is -2.57. The summed E-state index contributed by atoms with van der Waals surface area (Å²) in [6.45, 7) is 4.06. The van der Waals surface area contributed by atoms with E-state index in [-0.39, 0.29) is 17.6 Å². The van der Waals surface area contributed by atoms with Crippen LogP contribution in [0.5, 0.6) is 5.75 Å². The van der Waals surface area contributed by atoms with Crippen LogP contribution in [0, 0.1) is 24.7 Å². The van der Waals surface area contributed by atoms with Crippen LogP contribution in [0.1, 0.15) is 57.4 Å².